The zero-order valence-corrected chi connectivity index (χ0v) is 9.92. The average molecular weight is 251 g/mol. The molecule has 0 spiro atoms. The smallest absolute Gasteiger partial charge is 0.242 e. The molecule has 0 radical (unpaired) electrons. The Morgan fingerprint density at radius 1 is 1.47 bits per heavy atom. The molecule has 4 N–H and O–H groups in total. The van der Waals surface area contributed by atoms with Gasteiger partial charge in [-0.2, -0.15) is 0 Å². The standard InChI is InChI=1S/C11H13N3O2S/c1-2-5-14-17(15,16)11-7-13-10-4-3-8(12)6-9(10)11/h2-4,6-7,13-14H,1,5,12H2. The lowest BCUT2D eigenvalue weighted by Crippen LogP contribution is -2.23. The minimum absolute atomic E-state index is 0.192. The van der Waals surface area contributed by atoms with Crippen molar-refractivity contribution in [1.29, 1.82) is 0 Å². The Morgan fingerprint density at radius 2 is 2.24 bits per heavy atom. The zero-order valence-electron chi connectivity index (χ0n) is 9.10. The van der Waals surface area contributed by atoms with E-state index in [2.05, 4.69) is 16.3 Å². The van der Waals surface area contributed by atoms with Gasteiger partial charge in [-0.3, -0.25) is 0 Å². The summed E-state index contributed by atoms with van der Waals surface area (Å²) in [5.74, 6) is 0. The van der Waals surface area contributed by atoms with E-state index >= 15 is 0 Å². The lowest BCUT2D eigenvalue weighted by atomic mass is 10.2. The number of anilines is 1. The molecule has 2 rings (SSSR count). The van der Waals surface area contributed by atoms with E-state index in [9.17, 15) is 8.42 Å². The fraction of sp³-hybridized carbons (Fsp3) is 0.0909. The molecular formula is C11H13N3O2S. The largest absolute Gasteiger partial charge is 0.399 e. The monoisotopic (exact) mass is 251 g/mol. The van der Waals surface area contributed by atoms with Crippen molar-refractivity contribution in [2.24, 2.45) is 0 Å². The molecule has 0 fully saturated rings. The van der Waals surface area contributed by atoms with Crippen LogP contribution in [0.15, 0.2) is 41.9 Å². The molecule has 0 aliphatic carbocycles. The number of sulfonamides is 1. The van der Waals surface area contributed by atoms with Crippen molar-refractivity contribution in [1.82, 2.24) is 9.71 Å². The summed E-state index contributed by atoms with van der Waals surface area (Å²) in [5, 5.41) is 0.585. The average Bonchev–Trinajstić information content (AvgIpc) is 2.70. The molecule has 2 aromatic rings. The maximum absolute atomic E-state index is 12.0. The number of benzene rings is 1. The summed E-state index contributed by atoms with van der Waals surface area (Å²) in [5.41, 5.74) is 6.91. The number of hydrogen-bond donors (Lipinski definition) is 3. The van der Waals surface area contributed by atoms with Crippen LogP contribution < -0.4 is 10.5 Å². The van der Waals surface area contributed by atoms with Crippen molar-refractivity contribution < 1.29 is 8.42 Å². The zero-order chi connectivity index (χ0) is 12.5. The lowest BCUT2D eigenvalue weighted by molar-refractivity contribution is 0.586. The summed E-state index contributed by atoms with van der Waals surface area (Å²) in [4.78, 5) is 3.09. The molecule has 0 aliphatic heterocycles. The number of nitrogens with one attached hydrogen (secondary N) is 2. The lowest BCUT2D eigenvalue weighted by Gasteiger charge is -2.03. The number of rotatable bonds is 4. The number of aromatic amines is 1. The van der Waals surface area contributed by atoms with Gasteiger partial charge in [-0.1, -0.05) is 6.08 Å². The molecule has 0 saturated carbocycles. The highest BCUT2D eigenvalue weighted by atomic mass is 32.2. The van der Waals surface area contributed by atoms with Crippen LogP contribution in [0.5, 0.6) is 0 Å². The summed E-state index contributed by atoms with van der Waals surface area (Å²) >= 11 is 0. The van der Waals surface area contributed by atoms with E-state index < -0.39 is 10.0 Å². The van der Waals surface area contributed by atoms with Crippen LogP contribution in [-0.4, -0.2) is 19.9 Å². The second-order valence-electron chi connectivity index (χ2n) is 3.60. The summed E-state index contributed by atoms with van der Waals surface area (Å²) < 4.78 is 26.3. The Labute approximate surface area is 99.4 Å². The summed E-state index contributed by atoms with van der Waals surface area (Å²) in [7, 11) is -3.53. The topological polar surface area (TPSA) is 88.0 Å². The third-order valence-electron chi connectivity index (χ3n) is 2.38. The third-order valence-corrected chi connectivity index (χ3v) is 3.84. The number of hydrogen-bond acceptors (Lipinski definition) is 3. The Morgan fingerprint density at radius 3 is 2.94 bits per heavy atom. The molecule has 0 unspecified atom stereocenters. The number of H-pyrrole nitrogens is 1. The van der Waals surface area contributed by atoms with Gasteiger partial charge in [-0.15, -0.1) is 6.58 Å². The quantitative estimate of drug-likeness (QED) is 0.564. The Bertz CT molecular complexity index is 658. The third kappa shape index (κ3) is 2.17. The minimum atomic E-state index is -3.53. The van der Waals surface area contributed by atoms with Crippen LogP contribution in [0.3, 0.4) is 0 Å². The second kappa shape index (κ2) is 4.23. The molecule has 0 saturated heterocycles. The highest BCUT2D eigenvalue weighted by molar-refractivity contribution is 7.89. The van der Waals surface area contributed by atoms with Gasteiger partial charge in [0.05, 0.1) is 0 Å². The van der Waals surface area contributed by atoms with Crippen LogP contribution >= 0.6 is 0 Å². The van der Waals surface area contributed by atoms with Crippen LogP contribution in [0.4, 0.5) is 5.69 Å². The molecule has 1 aromatic carbocycles. The van der Waals surface area contributed by atoms with E-state index in [4.69, 9.17) is 5.73 Å². The highest BCUT2D eigenvalue weighted by Gasteiger charge is 2.17. The predicted molar refractivity (Wildman–Crippen MR) is 68.1 cm³/mol. The van der Waals surface area contributed by atoms with Crippen LogP contribution in [0.2, 0.25) is 0 Å². The highest BCUT2D eigenvalue weighted by Crippen LogP contribution is 2.24. The molecule has 0 amide bonds. The van der Waals surface area contributed by atoms with Gasteiger partial charge in [0.15, 0.2) is 0 Å². The first-order valence-corrected chi connectivity index (χ1v) is 6.50. The van der Waals surface area contributed by atoms with Gasteiger partial charge in [0.2, 0.25) is 10.0 Å². The molecule has 0 atom stereocenters. The van der Waals surface area contributed by atoms with E-state index in [0.29, 0.717) is 11.1 Å². The van der Waals surface area contributed by atoms with E-state index in [1.807, 2.05) is 0 Å². The van der Waals surface area contributed by atoms with Gasteiger partial charge in [0, 0.05) is 29.3 Å². The Balaban J connectivity index is 2.55. The maximum atomic E-state index is 12.0. The summed E-state index contributed by atoms with van der Waals surface area (Å²) in [6, 6.07) is 5.10. The van der Waals surface area contributed by atoms with Crippen molar-refractivity contribution in [3.8, 4) is 0 Å². The van der Waals surface area contributed by atoms with Crippen LogP contribution in [0.1, 0.15) is 0 Å². The first kappa shape index (κ1) is 11.7. The predicted octanol–water partition coefficient (Wildman–Crippen LogP) is 1.21. The number of aromatic nitrogens is 1. The molecule has 0 bridgehead atoms. The normalized spacial score (nSPS) is 11.8. The van der Waals surface area contributed by atoms with Gasteiger partial charge < -0.3 is 10.7 Å². The van der Waals surface area contributed by atoms with Crippen molar-refractivity contribution in [3.63, 3.8) is 0 Å². The number of fused-ring (bicyclic) bond motifs is 1. The van der Waals surface area contributed by atoms with Gasteiger partial charge in [-0.25, -0.2) is 13.1 Å². The van der Waals surface area contributed by atoms with Crippen molar-refractivity contribution in [2.75, 3.05) is 12.3 Å². The maximum Gasteiger partial charge on any atom is 0.242 e. The SMILES string of the molecule is C=CCNS(=O)(=O)c1c[nH]c2ccc(N)cc12. The minimum Gasteiger partial charge on any atom is -0.399 e. The van der Waals surface area contributed by atoms with Crippen molar-refractivity contribution in [2.45, 2.75) is 4.90 Å². The Hall–Kier alpha value is -1.79. The number of nitrogens with two attached hydrogens (primary N) is 1. The first-order chi connectivity index (χ1) is 8.04. The summed E-state index contributed by atoms with van der Waals surface area (Å²) in [6.07, 6.45) is 2.94. The summed E-state index contributed by atoms with van der Waals surface area (Å²) in [6.45, 7) is 3.66. The fourth-order valence-electron chi connectivity index (χ4n) is 1.58. The Kier molecular flexibility index (Phi) is 2.91. The molecule has 1 heterocycles. The van der Waals surface area contributed by atoms with E-state index in [1.165, 1.54) is 12.3 Å². The molecule has 1 aromatic heterocycles. The number of nitrogen functional groups attached to an aromatic ring is 1. The fourth-order valence-corrected chi connectivity index (χ4v) is 2.75. The van der Waals surface area contributed by atoms with Crippen LogP contribution in [-0.2, 0) is 10.0 Å². The van der Waals surface area contributed by atoms with Gasteiger partial charge in [0.25, 0.3) is 0 Å². The first-order valence-electron chi connectivity index (χ1n) is 5.02. The van der Waals surface area contributed by atoms with E-state index in [0.717, 1.165) is 5.52 Å². The van der Waals surface area contributed by atoms with Crippen molar-refractivity contribution >= 4 is 26.6 Å². The van der Waals surface area contributed by atoms with Crippen LogP contribution in [0, 0.1) is 0 Å². The van der Waals surface area contributed by atoms with Gasteiger partial charge in [0.1, 0.15) is 4.90 Å². The molecule has 0 aliphatic rings. The van der Waals surface area contributed by atoms with Gasteiger partial charge >= 0.3 is 0 Å². The van der Waals surface area contributed by atoms with Crippen LogP contribution in [0.25, 0.3) is 10.9 Å². The van der Waals surface area contributed by atoms with E-state index in [-0.39, 0.29) is 11.4 Å². The molecule has 5 nitrogen and oxygen atoms in total. The van der Waals surface area contributed by atoms with Crippen molar-refractivity contribution in [3.05, 3.63) is 37.1 Å². The van der Waals surface area contributed by atoms with E-state index in [1.54, 1.807) is 18.2 Å². The van der Waals surface area contributed by atoms with Gasteiger partial charge in [-0.05, 0) is 18.2 Å². The second-order valence-corrected chi connectivity index (χ2v) is 5.33. The molecule has 90 valence electrons. The molecule has 17 heavy (non-hydrogen) atoms. The molecule has 6 heteroatoms. The molecular weight excluding hydrogens is 238 g/mol.